The predicted molar refractivity (Wildman–Crippen MR) is 71.2 cm³/mol. The van der Waals surface area contributed by atoms with Crippen LogP contribution in [0.1, 0.15) is 23.9 Å². The maximum absolute atomic E-state index is 5.60. The number of nitrogens with zero attached hydrogens (tertiary/aromatic N) is 1. The smallest absolute Gasteiger partial charge is 0.294 e. The van der Waals surface area contributed by atoms with Gasteiger partial charge in [-0.25, -0.2) is 0 Å². The number of aryl methyl sites for hydroxylation is 1. The molecule has 18 heavy (non-hydrogen) atoms. The Hall–Kier alpha value is -1.97. The highest BCUT2D eigenvalue weighted by Gasteiger charge is 2.09. The minimum absolute atomic E-state index is 0.559. The van der Waals surface area contributed by atoms with Crippen LogP contribution < -0.4 is 10.1 Å². The number of benzene rings is 1. The normalized spacial score (nSPS) is 10.4. The lowest BCUT2D eigenvalue weighted by Gasteiger charge is -2.05. The summed E-state index contributed by atoms with van der Waals surface area (Å²) in [6, 6.07) is 8.60. The molecule has 0 spiro atoms. The van der Waals surface area contributed by atoms with Crippen LogP contribution in [0.5, 0.6) is 5.75 Å². The van der Waals surface area contributed by atoms with Gasteiger partial charge in [0.2, 0.25) is 0 Å². The molecule has 0 aliphatic rings. The van der Waals surface area contributed by atoms with E-state index in [0.717, 1.165) is 29.2 Å². The zero-order valence-corrected chi connectivity index (χ0v) is 11.0. The molecule has 0 aliphatic heterocycles. The molecule has 0 saturated carbocycles. The summed E-state index contributed by atoms with van der Waals surface area (Å²) in [4.78, 5) is 4.28. The van der Waals surface area contributed by atoms with Crippen LogP contribution in [0.2, 0.25) is 0 Å². The first-order valence-corrected chi connectivity index (χ1v) is 6.08. The Labute approximate surface area is 107 Å². The Morgan fingerprint density at radius 1 is 1.39 bits per heavy atom. The molecule has 1 heterocycles. The first-order valence-electron chi connectivity index (χ1n) is 6.08. The Morgan fingerprint density at radius 3 is 2.89 bits per heavy atom. The molecule has 0 unspecified atom stereocenters. The Kier molecular flexibility index (Phi) is 3.87. The van der Waals surface area contributed by atoms with Crippen LogP contribution in [0, 0.1) is 6.92 Å². The molecule has 1 N–H and O–H groups in total. The molecule has 4 heteroatoms. The van der Waals surface area contributed by atoms with Crippen LogP contribution in [-0.4, -0.2) is 18.6 Å². The van der Waals surface area contributed by atoms with Gasteiger partial charge >= 0.3 is 0 Å². The van der Waals surface area contributed by atoms with E-state index in [4.69, 9.17) is 9.15 Å². The van der Waals surface area contributed by atoms with E-state index in [1.165, 1.54) is 0 Å². The summed E-state index contributed by atoms with van der Waals surface area (Å²) >= 11 is 0. The van der Waals surface area contributed by atoms with Gasteiger partial charge in [0.1, 0.15) is 11.5 Å². The standard InChI is InChI=1S/C14H18N2O2/c1-4-17-12-7-5-6-11(8-12)9-13-10(2)16-14(15-3)18-13/h5-8H,4,9H2,1-3H3,(H,15,16). The summed E-state index contributed by atoms with van der Waals surface area (Å²) in [6.45, 7) is 4.60. The third kappa shape index (κ3) is 2.83. The maximum Gasteiger partial charge on any atom is 0.294 e. The van der Waals surface area contributed by atoms with Crippen molar-refractivity contribution in [1.29, 1.82) is 0 Å². The van der Waals surface area contributed by atoms with Crippen molar-refractivity contribution in [1.82, 2.24) is 4.98 Å². The molecule has 0 atom stereocenters. The molecule has 2 aromatic rings. The lowest BCUT2D eigenvalue weighted by molar-refractivity contribution is 0.340. The van der Waals surface area contributed by atoms with Gasteiger partial charge in [0.05, 0.1) is 12.3 Å². The van der Waals surface area contributed by atoms with E-state index in [0.29, 0.717) is 12.6 Å². The van der Waals surface area contributed by atoms with E-state index in [-0.39, 0.29) is 0 Å². The molecule has 0 fully saturated rings. The molecule has 1 aromatic carbocycles. The van der Waals surface area contributed by atoms with Gasteiger partial charge in [0.15, 0.2) is 0 Å². The highest BCUT2D eigenvalue weighted by atomic mass is 16.5. The van der Waals surface area contributed by atoms with Gasteiger partial charge in [-0.05, 0) is 31.5 Å². The molecule has 0 saturated heterocycles. The summed E-state index contributed by atoms with van der Waals surface area (Å²) in [5.74, 6) is 1.77. The van der Waals surface area contributed by atoms with Crippen LogP contribution >= 0.6 is 0 Å². The van der Waals surface area contributed by atoms with Crippen LogP contribution in [0.3, 0.4) is 0 Å². The van der Waals surface area contributed by atoms with Crippen molar-refractivity contribution < 1.29 is 9.15 Å². The van der Waals surface area contributed by atoms with Crippen molar-refractivity contribution in [3.05, 3.63) is 41.3 Å². The second-order valence-corrected chi connectivity index (χ2v) is 4.03. The third-order valence-electron chi connectivity index (χ3n) is 2.68. The topological polar surface area (TPSA) is 47.3 Å². The quantitative estimate of drug-likeness (QED) is 0.881. The Morgan fingerprint density at radius 2 is 2.22 bits per heavy atom. The number of nitrogens with one attached hydrogen (secondary N) is 1. The molecule has 0 amide bonds. The van der Waals surface area contributed by atoms with Crippen LogP contribution in [0.15, 0.2) is 28.7 Å². The average molecular weight is 246 g/mol. The van der Waals surface area contributed by atoms with Crippen molar-refractivity contribution in [2.24, 2.45) is 0 Å². The van der Waals surface area contributed by atoms with Crippen molar-refractivity contribution in [2.75, 3.05) is 19.0 Å². The fourth-order valence-corrected chi connectivity index (χ4v) is 1.80. The van der Waals surface area contributed by atoms with E-state index in [1.807, 2.05) is 32.0 Å². The van der Waals surface area contributed by atoms with Crippen LogP contribution in [0.4, 0.5) is 6.01 Å². The van der Waals surface area contributed by atoms with Gasteiger partial charge in [0, 0.05) is 13.5 Å². The molecule has 2 rings (SSSR count). The Bertz CT molecular complexity index is 520. The zero-order valence-electron chi connectivity index (χ0n) is 11.0. The summed E-state index contributed by atoms with van der Waals surface area (Å²) < 4.78 is 11.1. The number of hydrogen-bond donors (Lipinski definition) is 1. The second kappa shape index (κ2) is 5.58. The number of anilines is 1. The average Bonchev–Trinajstić information content (AvgIpc) is 2.71. The zero-order chi connectivity index (χ0) is 13.0. The molecule has 0 bridgehead atoms. The second-order valence-electron chi connectivity index (χ2n) is 4.03. The van der Waals surface area contributed by atoms with E-state index in [9.17, 15) is 0 Å². The number of aromatic nitrogens is 1. The molecule has 4 nitrogen and oxygen atoms in total. The molecular formula is C14H18N2O2. The largest absolute Gasteiger partial charge is 0.494 e. The summed E-state index contributed by atoms with van der Waals surface area (Å²) in [5, 5.41) is 2.90. The minimum atomic E-state index is 0.559. The number of hydrogen-bond acceptors (Lipinski definition) is 4. The summed E-state index contributed by atoms with van der Waals surface area (Å²) in [7, 11) is 1.80. The minimum Gasteiger partial charge on any atom is -0.494 e. The van der Waals surface area contributed by atoms with Gasteiger partial charge in [-0.1, -0.05) is 12.1 Å². The lowest BCUT2D eigenvalue weighted by Crippen LogP contribution is -1.93. The van der Waals surface area contributed by atoms with Crippen molar-refractivity contribution in [3.63, 3.8) is 0 Å². The van der Waals surface area contributed by atoms with Gasteiger partial charge in [-0.15, -0.1) is 0 Å². The molecule has 1 aromatic heterocycles. The first-order chi connectivity index (χ1) is 8.72. The third-order valence-corrected chi connectivity index (χ3v) is 2.68. The molecule has 0 radical (unpaired) electrons. The summed E-state index contributed by atoms with van der Waals surface area (Å²) in [5.41, 5.74) is 2.07. The highest BCUT2D eigenvalue weighted by molar-refractivity contribution is 5.33. The monoisotopic (exact) mass is 246 g/mol. The summed E-state index contributed by atoms with van der Waals surface area (Å²) in [6.07, 6.45) is 0.724. The van der Waals surface area contributed by atoms with Gasteiger partial charge in [-0.2, -0.15) is 4.98 Å². The van der Waals surface area contributed by atoms with E-state index >= 15 is 0 Å². The number of rotatable bonds is 5. The fourth-order valence-electron chi connectivity index (χ4n) is 1.80. The van der Waals surface area contributed by atoms with E-state index in [2.05, 4.69) is 16.4 Å². The van der Waals surface area contributed by atoms with Crippen LogP contribution in [0.25, 0.3) is 0 Å². The number of ether oxygens (including phenoxy) is 1. The molecule has 96 valence electrons. The van der Waals surface area contributed by atoms with E-state index in [1.54, 1.807) is 7.05 Å². The van der Waals surface area contributed by atoms with Crippen LogP contribution in [-0.2, 0) is 6.42 Å². The van der Waals surface area contributed by atoms with Crippen molar-refractivity contribution in [3.8, 4) is 5.75 Å². The molecule has 0 aliphatic carbocycles. The van der Waals surface area contributed by atoms with E-state index < -0.39 is 0 Å². The number of oxazole rings is 1. The lowest BCUT2D eigenvalue weighted by atomic mass is 10.1. The first kappa shape index (κ1) is 12.5. The van der Waals surface area contributed by atoms with Gasteiger partial charge in [-0.3, -0.25) is 0 Å². The maximum atomic E-state index is 5.60. The highest BCUT2D eigenvalue weighted by Crippen LogP contribution is 2.20. The van der Waals surface area contributed by atoms with Gasteiger partial charge in [0.25, 0.3) is 6.01 Å². The van der Waals surface area contributed by atoms with Crippen molar-refractivity contribution >= 4 is 6.01 Å². The SMILES string of the molecule is CCOc1cccc(Cc2oc(NC)nc2C)c1. The van der Waals surface area contributed by atoms with Crippen molar-refractivity contribution in [2.45, 2.75) is 20.3 Å². The Balaban J connectivity index is 2.17. The van der Waals surface area contributed by atoms with Gasteiger partial charge < -0.3 is 14.5 Å². The fraction of sp³-hybridized carbons (Fsp3) is 0.357. The molecular weight excluding hydrogens is 228 g/mol. The predicted octanol–water partition coefficient (Wildman–Crippen LogP) is 3.01.